The van der Waals surface area contributed by atoms with Gasteiger partial charge in [0.25, 0.3) is 0 Å². The number of rotatable bonds is 10. The second kappa shape index (κ2) is 8.52. The molecule has 0 aliphatic rings. The van der Waals surface area contributed by atoms with Gasteiger partial charge in [-0.25, -0.2) is 4.68 Å². The van der Waals surface area contributed by atoms with E-state index in [1.54, 1.807) is 7.05 Å². The number of nitro groups is 1. The first-order valence-corrected chi connectivity index (χ1v) is 7.13. The average Bonchev–Trinajstić information content (AvgIpc) is 2.74. The highest BCUT2D eigenvalue weighted by molar-refractivity contribution is 5.59. The van der Waals surface area contributed by atoms with Gasteiger partial charge in [0, 0.05) is 26.8 Å². The fraction of sp³-hybridized carbons (Fsp3) is 0.769. The van der Waals surface area contributed by atoms with Crippen molar-refractivity contribution in [2.75, 3.05) is 25.1 Å². The SMILES string of the molecule is CCCCOCCCNc1c([N+](=O)[O-])c(CC)nn1C. The molecule has 0 atom stereocenters. The maximum Gasteiger partial charge on any atom is 0.333 e. The van der Waals surface area contributed by atoms with Gasteiger partial charge >= 0.3 is 5.69 Å². The highest BCUT2D eigenvalue weighted by Gasteiger charge is 2.24. The molecule has 0 fully saturated rings. The van der Waals surface area contributed by atoms with E-state index in [9.17, 15) is 10.1 Å². The molecule has 20 heavy (non-hydrogen) atoms. The van der Waals surface area contributed by atoms with Gasteiger partial charge in [0.15, 0.2) is 0 Å². The largest absolute Gasteiger partial charge is 0.381 e. The number of anilines is 1. The molecule has 0 saturated heterocycles. The molecule has 7 heteroatoms. The van der Waals surface area contributed by atoms with Gasteiger partial charge in [0.05, 0.1) is 4.92 Å². The lowest BCUT2D eigenvalue weighted by molar-refractivity contribution is -0.384. The number of ether oxygens (including phenoxy) is 1. The Morgan fingerprint density at radius 2 is 2.05 bits per heavy atom. The van der Waals surface area contributed by atoms with Crippen molar-refractivity contribution in [1.29, 1.82) is 0 Å². The van der Waals surface area contributed by atoms with Gasteiger partial charge in [-0.1, -0.05) is 20.3 Å². The van der Waals surface area contributed by atoms with Crippen molar-refractivity contribution in [3.8, 4) is 0 Å². The third-order valence-electron chi connectivity index (χ3n) is 3.01. The molecule has 0 radical (unpaired) electrons. The zero-order chi connectivity index (χ0) is 15.0. The lowest BCUT2D eigenvalue weighted by atomic mass is 10.3. The number of aromatic nitrogens is 2. The van der Waals surface area contributed by atoms with Gasteiger partial charge in [-0.3, -0.25) is 10.1 Å². The lowest BCUT2D eigenvalue weighted by Crippen LogP contribution is -2.10. The van der Waals surface area contributed by atoms with Crippen LogP contribution in [-0.4, -0.2) is 34.5 Å². The highest BCUT2D eigenvalue weighted by Crippen LogP contribution is 2.28. The normalized spacial score (nSPS) is 10.8. The monoisotopic (exact) mass is 284 g/mol. The molecule has 1 heterocycles. The number of hydrogen-bond donors (Lipinski definition) is 1. The summed E-state index contributed by atoms with van der Waals surface area (Å²) in [7, 11) is 1.71. The van der Waals surface area contributed by atoms with Gasteiger partial charge < -0.3 is 10.1 Å². The summed E-state index contributed by atoms with van der Waals surface area (Å²) >= 11 is 0. The fourth-order valence-corrected chi connectivity index (χ4v) is 1.93. The third-order valence-corrected chi connectivity index (χ3v) is 3.01. The highest BCUT2D eigenvalue weighted by atomic mass is 16.6. The Kier molecular flexibility index (Phi) is 7.00. The molecule has 0 unspecified atom stereocenters. The molecule has 114 valence electrons. The van der Waals surface area contributed by atoms with Crippen LogP contribution in [0.1, 0.15) is 38.8 Å². The van der Waals surface area contributed by atoms with Crippen LogP contribution in [0.5, 0.6) is 0 Å². The van der Waals surface area contributed by atoms with E-state index < -0.39 is 0 Å². The average molecular weight is 284 g/mol. The first kappa shape index (κ1) is 16.4. The zero-order valence-electron chi connectivity index (χ0n) is 12.5. The Bertz CT molecular complexity index is 431. The number of nitrogens with zero attached hydrogens (tertiary/aromatic N) is 3. The molecule has 0 spiro atoms. The maximum atomic E-state index is 11.1. The molecule has 0 aromatic carbocycles. The maximum absolute atomic E-state index is 11.1. The number of aryl methyl sites for hydroxylation is 2. The summed E-state index contributed by atoms with van der Waals surface area (Å²) in [5, 5.41) is 18.4. The van der Waals surface area contributed by atoms with Crippen LogP contribution in [0.4, 0.5) is 11.5 Å². The van der Waals surface area contributed by atoms with Crippen molar-refractivity contribution < 1.29 is 9.66 Å². The van der Waals surface area contributed by atoms with Crippen LogP contribution in [0.15, 0.2) is 0 Å². The van der Waals surface area contributed by atoms with Crippen LogP contribution >= 0.6 is 0 Å². The molecular formula is C13H24N4O3. The summed E-state index contributed by atoms with van der Waals surface area (Å²) in [5.41, 5.74) is 0.598. The number of unbranched alkanes of at least 4 members (excludes halogenated alkanes) is 1. The Balaban J connectivity index is 2.47. The van der Waals surface area contributed by atoms with Gasteiger partial charge in [0.1, 0.15) is 5.69 Å². The van der Waals surface area contributed by atoms with Crippen molar-refractivity contribution in [3.63, 3.8) is 0 Å². The minimum absolute atomic E-state index is 0.0851. The van der Waals surface area contributed by atoms with Crippen LogP contribution in [0.2, 0.25) is 0 Å². The summed E-state index contributed by atoms with van der Waals surface area (Å²) in [6.07, 6.45) is 3.55. The third kappa shape index (κ3) is 4.48. The summed E-state index contributed by atoms with van der Waals surface area (Å²) in [5.74, 6) is 0.473. The van der Waals surface area contributed by atoms with E-state index in [2.05, 4.69) is 17.3 Å². The first-order valence-electron chi connectivity index (χ1n) is 7.13. The number of nitrogens with one attached hydrogen (secondary N) is 1. The predicted octanol–water partition coefficient (Wildman–Crippen LogP) is 2.51. The second-order valence-electron chi connectivity index (χ2n) is 4.62. The van der Waals surface area contributed by atoms with Crippen LogP contribution in [0.25, 0.3) is 0 Å². The van der Waals surface area contributed by atoms with Gasteiger partial charge in [0.2, 0.25) is 5.82 Å². The minimum atomic E-state index is -0.369. The van der Waals surface area contributed by atoms with E-state index in [-0.39, 0.29) is 10.6 Å². The van der Waals surface area contributed by atoms with Crippen LogP contribution in [-0.2, 0) is 18.2 Å². The van der Waals surface area contributed by atoms with Crippen molar-refractivity contribution in [2.24, 2.45) is 7.05 Å². The van der Waals surface area contributed by atoms with E-state index in [1.807, 2.05) is 6.92 Å². The predicted molar refractivity (Wildman–Crippen MR) is 78.1 cm³/mol. The second-order valence-corrected chi connectivity index (χ2v) is 4.62. The summed E-state index contributed by atoms with van der Waals surface area (Å²) in [6.45, 7) is 6.07. The van der Waals surface area contributed by atoms with Crippen LogP contribution < -0.4 is 5.32 Å². The van der Waals surface area contributed by atoms with Gasteiger partial charge in [-0.2, -0.15) is 5.10 Å². The van der Waals surface area contributed by atoms with E-state index in [1.165, 1.54) is 4.68 Å². The number of hydrogen-bond acceptors (Lipinski definition) is 5. The molecule has 0 aliphatic carbocycles. The standard InChI is InChI=1S/C13H24N4O3/c1-4-6-9-20-10-7-8-14-13-12(17(18)19)11(5-2)15-16(13)3/h14H,4-10H2,1-3H3. The topological polar surface area (TPSA) is 82.2 Å². The molecule has 1 aromatic heterocycles. The Hall–Kier alpha value is -1.63. The fourth-order valence-electron chi connectivity index (χ4n) is 1.93. The molecule has 0 amide bonds. The molecule has 0 bridgehead atoms. The molecule has 1 aromatic rings. The summed E-state index contributed by atoms with van der Waals surface area (Å²) < 4.78 is 6.99. The van der Waals surface area contributed by atoms with Crippen LogP contribution in [0.3, 0.4) is 0 Å². The van der Waals surface area contributed by atoms with Gasteiger partial charge in [-0.15, -0.1) is 0 Å². The van der Waals surface area contributed by atoms with E-state index in [4.69, 9.17) is 4.74 Å². The Morgan fingerprint density at radius 1 is 1.35 bits per heavy atom. The van der Waals surface area contributed by atoms with Crippen molar-refractivity contribution in [1.82, 2.24) is 9.78 Å². The van der Waals surface area contributed by atoms with Gasteiger partial charge in [-0.05, 0) is 19.3 Å². The summed E-state index contributed by atoms with van der Waals surface area (Å²) in [4.78, 5) is 10.7. The smallest absolute Gasteiger partial charge is 0.333 e. The molecule has 7 nitrogen and oxygen atoms in total. The lowest BCUT2D eigenvalue weighted by Gasteiger charge is -2.06. The Morgan fingerprint density at radius 3 is 2.65 bits per heavy atom. The summed E-state index contributed by atoms with van der Waals surface area (Å²) in [6, 6.07) is 0. The van der Waals surface area contributed by atoms with Crippen molar-refractivity contribution in [2.45, 2.75) is 39.5 Å². The molecule has 1 rings (SSSR count). The first-order chi connectivity index (χ1) is 9.61. The van der Waals surface area contributed by atoms with E-state index in [0.29, 0.717) is 31.1 Å². The molecule has 0 aliphatic heterocycles. The minimum Gasteiger partial charge on any atom is -0.381 e. The van der Waals surface area contributed by atoms with E-state index in [0.717, 1.165) is 25.9 Å². The molecular weight excluding hydrogens is 260 g/mol. The van der Waals surface area contributed by atoms with Crippen molar-refractivity contribution >= 4 is 11.5 Å². The quantitative estimate of drug-likeness (QED) is 0.405. The Labute approximate surface area is 119 Å². The van der Waals surface area contributed by atoms with Crippen LogP contribution in [0, 0.1) is 10.1 Å². The van der Waals surface area contributed by atoms with Crippen molar-refractivity contribution in [3.05, 3.63) is 15.8 Å². The van der Waals surface area contributed by atoms with E-state index >= 15 is 0 Å². The zero-order valence-corrected chi connectivity index (χ0v) is 12.5. The molecule has 0 saturated carbocycles. The molecule has 1 N–H and O–H groups in total.